The van der Waals surface area contributed by atoms with Crippen LogP contribution >= 0.6 is 0 Å². The van der Waals surface area contributed by atoms with Crippen molar-refractivity contribution in [3.8, 4) is 33.9 Å². The van der Waals surface area contributed by atoms with Crippen LogP contribution in [0.5, 0.6) is 0 Å². The smallest absolute Gasteiger partial charge is 0.270 e. The molecule has 6 heteroatoms. The summed E-state index contributed by atoms with van der Waals surface area (Å²) in [5.74, 6) is 0.577. The van der Waals surface area contributed by atoms with E-state index in [1.807, 2.05) is 36.4 Å². The zero-order valence-corrected chi connectivity index (χ0v) is 15.8. The average Bonchev–Trinajstić information content (AvgIpc) is 3.25. The highest BCUT2D eigenvalue weighted by atomic mass is 16.6. The number of nitrogens with zero attached hydrogens (tertiary/aromatic N) is 3. The number of hydrogen-bond donors (Lipinski definition) is 1. The number of aromatic amines is 1. The minimum absolute atomic E-state index is 0.0288. The highest BCUT2D eigenvalue weighted by molar-refractivity contribution is 5.99. The molecule has 0 spiro atoms. The van der Waals surface area contributed by atoms with Crippen LogP contribution in [0, 0.1) is 10.1 Å². The third kappa shape index (κ3) is 3.10. The predicted molar refractivity (Wildman–Crippen MR) is 117 cm³/mol. The number of imidazole rings is 1. The van der Waals surface area contributed by atoms with Crippen LogP contribution in [0.25, 0.3) is 44.7 Å². The number of aromatic nitrogens is 3. The van der Waals surface area contributed by atoms with Crippen molar-refractivity contribution < 1.29 is 4.92 Å². The second-order valence-electron chi connectivity index (χ2n) is 6.88. The van der Waals surface area contributed by atoms with E-state index < -0.39 is 4.92 Å². The van der Waals surface area contributed by atoms with Gasteiger partial charge in [-0.25, -0.2) is 4.98 Å². The molecule has 0 fully saturated rings. The molecular formula is C24H16N4O2. The molecule has 0 aliphatic heterocycles. The molecule has 144 valence electrons. The van der Waals surface area contributed by atoms with Gasteiger partial charge in [0.05, 0.1) is 16.3 Å². The van der Waals surface area contributed by atoms with Gasteiger partial charge in [-0.05, 0) is 22.9 Å². The first-order chi connectivity index (χ1) is 14.7. The van der Waals surface area contributed by atoms with Gasteiger partial charge < -0.3 is 4.98 Å². The summed E-state index contributed by atoms with van der Waals surface area (Å²) in [4.78, 5) is 23.2. The Kier molecular flexibility index (Phi) is 4.29. The number of pyridine rings is 1. The Bertz CT molecular complexity index is 1370. The maximum atomic E-state index is 11.2. The Labute approximate surface area is 172 Å². The van der Waals surface area contributed by atoms with E-state index in [4.69, 9.17) is 4.98 Å². The number of nitro benzene ring substituents is 1. The average molecular weight is 392 g/mol. The third-order valence-electron chi connectivity index (χ3n) is 5.05. The minimum atomic E-state index is -0.401. The molecule has 3 aromatic carbocycles. The van der Waals surface area contributed by atoms with Crippen LogP contribution in [0.1, 0.15) is 0 Å². The lowest BCUT2D eigenvalue weighted by atomic mass is 9.99. The van der Waals surface area contributed by atoms with Crippen molar-refractivity contribution in [2.75, 3.05) is 0 Å². The zero-order valence-electron chi connectivity index (χ0n) is 15.8. The van der Waals surface area contributed by atoms with Crippen LogP contribution in [0.15, 0.2) is 91.3 Å². The van der Waals surface area contributed by atoms with Crippen molar-refractivity contribution in [3.05, 3.63) is 101 Å². The van der Waals surface area contributed by atoms with Crippen molar-refractivity contribution in [3.63, 3.8) is 0 Å². The lowest BCUT2D eigenvalue weighted by molar-refractivity contribution is -0.384. The van der Waals surface area contributed by atoms with Gasteiger partial charge >= 0.3 is 0 Å². The van der Waals surface area contributed by atoms with E-state index in [-0.39, 0.29) is 5.69 Å². The maximum Gasteiger partial charge on any atom is 0.270 e. The van der Waals surface area contributed by atoms with Gasteiger partial charge in [0.1, 0.15) is 5.82 Å². The van der Waals surface area contributed by atoms with Gasteiger partial charge in [-0.15, -0.1) is 0 Å². The number of rotatable bonds is 4. The monoisotopic (exact) mass is 392 g/mol. The largest absolute Gasteiger partial charge is 0.337 e. The number of nitro groups is 1. The molecule has 6 nitrogen and oxygen atoms in total. The van der Waals surface area contributed by atoms with Crippen LogP contribution in [0.3, 0.4) is 0 Å². The summed E-state index contributed by atoms with van der Waals surface area (Å²) < 4.78 is 0. The molecule has 0 aliphatic rings. The Morgan fingerprint density at radius 3 is 2.43 bits per heavy atom. The maximum absolute atomic E-state index is 11.2. The lowest BCUT2D eigenvalue weighted by Crippen LogP contribution is -1.89. The van der Waals surface area contributed by atoms with Crippen LogP contribution in [-0.2, 0) is 0 Å². The van der Waals surface area contributed by atoms with E-state index in [1.54, 1.807) is 18.5 Å². The SMILES string of the molecule is O=[N+]([O-])c1cccc(-c2nc(-c3ccncc3)c(-c3cccc4ccccc34)[nH]2)c1. The number of hydrogen-bond acceptors (Lipinski definition) is 4. The number of fused-ring (bicyclic) bond motifs is 1. The van der Waals surface area contributed by atoms with Crippen LogP contribution in [0.2, 0.25) is 0 Å². The summed E-state index contributed by atoms with van der Waals surface area (Å²) >= 11 is 0. The van der Waals surface area contributed by atoms with E-state index in [1.165, 1.54) is 12.1 Å². The van der Waals surface area contributed by atoms with Crippen molar-refractivity contribution >= 4 is 16.5 Å². The van der Waals surface area contributed by atoms with Gasteiger partial charge in [0.2, 0.25) is 0 Å². The zero-order chi connectivity index (χ0) is 20.5. The summed E-state index contributed by atoms with van der Waals surface area (Å²) in [7, 11) is 0. The molecule has 0 amide bonds. The molecule has 5 rings (SSSR count). The minimum Gasteiger partial charge on any atom is -0.337 e. The van der Waals surface area contributed by atoms with E-state index in [0.29, 0.717) is 11.4 Å². The molecule has 0 atom stereocenters. The molecule has 2 aromatic heterocycles. The van der Waals surface area contributed by atoms with Gasteiger partial charge in [0.25, 0.3) is 5.69 Å². The standard InChI is InChI=1S/C24H16N4O2/c29-28(30)19-8-3-7-18(15-19)24-26-22(17-11-13-25-14-12-17)23(27-24)21-10-4-6-16-5-1-2-9-20(16)21/h1-15H,(H,26,27). The van der Waals surface area contributed by atoms with Gasteiger partial charge in [0, 0.05) is 41.2 Å². The fourth-order valence-electron chi connectivity index (χ4n) is 3.63. The molecule has 0 saturated heterocycles. The van der Waals surface area contributed by atoms with Gasteiger partial charge in [-0.3, -0.25) is 15.1 Å². The number of non-ortho nitro benzene ring substituents is 1. The Balaban J connectivity index is 1.76. The Morgan fingerprint density at radius 2 is 1.60 bits per heavy atom. The van der Waals surface area contributed by atoms with Crippen molar-refractivity contribution in [1.82, 2.24) is 15.0 Å². The third-order valence-corrected chi connectivity index (χ3v) is 5.05. The molecule has 0 aliphatic carbocycles. The first kappa shape index (κ1) is 17.8. The number of nitrogens with one attached hydrogen (secondary N) is 1. The fraction of sp³-hybridized carbons (Fsp3) is 0. The quantitative estimate of drug-likeness (QED) is 0.306. The molecule has 0 unspecified atom stereocenters. The topological polar surface area (TPSA) is 84.7 Å². The summed E-state index contributed by atoms with van der Waals surface area (Å²) in [6.45, 7) is 0. The van der Waals surface area contributed by atoms with Crippen LogP contribution in [0.4, 0.5) is 5.69 Å². The highest BCUT2D eigenvalue weighted by Crippen LogP contribution is 2.36. The first-order valence-electron chi connectivity index (χ1n) is 9.44. The fourth-order valence-corrected chi connectivity index (χ4v) is 3.63. The highest BCUT2D eigenvalue weighted by Gasteiger charge is 2.18. The normalized spacial score (nSPS) is 10.9. The predicted octanol–water partition coefficient (Wildman–Crippen LogP) is 5.87. The van der Waals surface area contributed by atoms with Crippen molar-refractivity contribution in [1.29, 1.82) is 0 Å². The molecular weight excluding hydrogens is 376 g/mol. The summed E-state index contributed by atoms with van der Waals surface area (Å²) in [6, 6.07) is 24.6. The Hall–Kier alpha value is -4.32. The van der Waals surface area contributed by atoms with E-state index >= 15 is 0 Å². The van der Waals surface area contributed by atoms with Crippen molar-refractivity contribution in [2.24, 2.45) is 0 Å². The number of H-pyrrole nitrogens is 1. The first-order valence-corrected chi connectivity index (χ1v) is 9.44. The molecule has 0 saturated carbocycles. The molecule has 30 heavy (non-hydrogen) atoms. The van der Waals surface area contributed by atoms with E-state index in [2.05, 4.69) is 34.2 Å². The Morgan fingerprint density at radius 1 is 0.833 bits per heavy atom. The second kappa shape index (κ2) is 7.25. The van der Waals surface area contributed by atoms with Gasteiger partial charge in [0.15, 0.2) is 0 Å². The van der Waals surface area contributed by atoms with E-state index in [9.17, 15) is 10.1 Å². The van der Waals surface area contributed by atoms with Crippen molar-refractivity contribution in [2.45, 2.75) is 0 Å². The molecule has 1 N–H and O–H groups in total. The summed E-state index contributed by atoms with van der Waals surface area (Å²) in [5.41, 5.74) is 4.26. The van der Waals surface area contributed by atoms with Gasteiger partial charge in [-0.2, -0.15) is 0 Å². The molecule has 0 bridgehead atoms. The molecule has 0 radical (unpaired) electrons. The van der Waals surface area contributed by atoms with Gasteiger partial charge in [-0.1, -0.05) is 54.6 Å². The second-order valence-corrected chi connectivity index (χ2v) is 6.88. The molecule has 5 aromatic rings. The lowest BCUT2D eigenvalue weighted by Gasteiger charge is -2.07. The van der Waals surface area contributed by atoms with Crippen LogP contribution < -0.4 is 0 Å². The van der Waals surface area contributed by atoms with Crippen LogP contribution in [-0.4, -0.2) is 19.9 Å². The molecule has 2 heterocycles. The summed E-state index contributed by atoms with van der Waals surface area (Å²) in [5, 5.41) is 13.4. The van der Waals surface area contributed by atoms with E-state index in [0.717, 1.165) is 33.3 Å². The number of benzene rings is 3. The summed E-state index contributed by atoms with van der Waals surface area (Å²) in [6.07, 6.45) is 3.45.